The van der Waals surface area contributed by atoms with Gasteiger partial charge in [-0.05, 0) is 34.9 Å². The number of aliphatic hydroxyl groups is 1. The first-order valence-electron chi connectivity index (χ1n) is 9.95. The molecule has 168 valence electrons. The number of benzene rings is 2. The molecule has 8 nitrogen and oxygen atoms in total. The van der Waals surface area contributed by atoms with E-state index in [9.17, 15) is 27.5 Å². The highest BCUT2D eigenvalue weighted by Gasteiger charge is 2.39. The van der Waals surface area contributed by atoms with E-state index in [1.54, 1.807) is 30.3 Å². The maximum Gasteiger partial charge on any atom is 0.256 e. The van der Waals surface area contributed by atoms with Crippen LogP contribution in [0.3, 0.4) is 0 Å². The monoisotopic (exact) mass is 459 g/mol. The third-order valence-electron chi connectivity index (χ3n) is 5.55. The summed E-state index contributed by atoms with van der Waals surface area (Å²) in [7, 11) is -3.93. The minimum atomic E-state index is -3.93. The smallest absolute Gasteiger partial charge is 0.256 e. The molecule has 0 spiro atoms. The second-order valence-electron chi connectivity index (χ2n) is 7.81. The Morgan fingerprint density at radius 1 is 1.03 bits per heavy atom. The number of carbonyl (C=O) groups excluding carboxylic acids is 2. The van der Waals surface area contributed by atoms with Gasteiger partial charge in [-0.25, -0.2) is 12.8 Å². The third kappa shape index (κ3) is 4.16. The van der Waals surface area contributed by atoms with Crippen LogP contribution in [0.5, 0.6) is 0 Å². The topological polar surface area (TPSA) is 107 Å². The minimum Gasteiger partial charge on any atom is -0.378 e. The van der Waals surface area contributed by atoms with Crippen molar-refractivity contribution >= 4 is 27.5 Å². The molecular weight excluding hydrogens is 437 g/mol. The quantitative estimate of drug-likeness (QED) is 0.662. The second kappa shape index (κ2) is 8.45. The van der Waals surface area contributed by atoms with Crippen molar-refractivity contribution < 1.29 is 27.5 Å². The molecule has 2 aromatic rings. The summed E-state index contributed by atoms with van der Waals surface area (Å²) < 4.78 is 41.3. The van der Waals surface area contributed by atoms with Gasteiger partial charge < -0.3 is 15.3 Å². The average molecular weight is 459 g/mol. The molecule has 0 saturated heterocycles. The van der Waals surface area contributed by atoms with Gasteiger partial charge in [0.1, 0.15) is 5.82 Å². The molecule has 4 rings (SSSR count). The Kier molecular flexibility index (Phi) is 5.85. The van der Waals surface area contributed by atoms with Crippen LogP contribution in [0, 0.1) is 5.82 Å². The molecule has 32 heavy (non-hydrogen) atoms. The van der Waals surface area contributed by atoms with E-state index in [2.05, 4.69) is 5.32 Å². The normalized spacial score (nSPS) is 17.4. The zero-order valence-corrected chi connectivity index (χ0v) is 18.1. The zero-order valence-electron chi connectivity index (χ0n) is 17.3. The van der Waals surface area contributed by atoms with Crippen LogP contribution in [0.4, 0.5) is 10.1 Å². The molecular formula is C22H22FN3O5S. The van der Waals surface area contributed by atoms with Gasteiger partial charge in [-0.15, -0.1) is 0 Å². The van der Waals surface area contributed by atoms with Crippen molar-refractivity contribution in [3.05, 3.63) is 71.1 Å². The van der Waals surface area contributed by atoms with Crippen molar-refractivity contribution in [2.75, 3.05) is 31.5 Å². The third-order valence-corrected chi connectivity index (χ3v) is 7.33. The first-order valence-corrected chi connectivity index (χ1v) is 11.4. The standard InChI is InChI=1S/C22H22FN3O5S/c1-14(27)24-20-9-18(7-8-19(20)23)32(30,31)26-12-16-10-25(11-17(16)13-26)22(29)21(28)15-5-3-2-4-6-15/h2-9,21,28H,10-13H2,1H3,(H,24,27)/t21-/m1/s1. The van der Waals surface area contributed by atoms with E-state index in [1.807, 2.05) is 0 Å². The molecule has 0 aliphatic carbocycles. The number of nitrogens with one attached hydrogen (secondary N) is 1. The Labute approximate surface area is 185 Å². The Balaban J connectivity index is 1.44. The van der Waals surface area contributed by atoms with Gasteiger partial charge in [-0.1, -0.05) is 30.3 Å². The lowest BCUT2D eigenvalue weighted by Gasteiger charge is -2.24. The highest BCUT2D eigenvalue weighted by Crippen LogP contribution is 2.32. The lowest BCUT2D eigenvalue weighted by atomic mass is 10.1. The molecule has 0 bridgehead atoms. The van der Waals surface area contributed by atoms with Crippen LogP contribution >= 0.6 is 0 Å². The maximum atomic E-state index is 13.9. The number of amides is 2. The van der Waals surface area contributed by atoms with Crippen LogP contribution in [0.25, 0.3) is 0 Å². The summed E-state index contributed by atoms with van der Waals surface area (Å²) >= 11 is 0. The van der Waals surface area contributed by atoms with Crippen molar-refractivity contribution in [3.8, 4) is 0 Å². The SMILES string of the molecule is CC(=O)Nc1cc(S(=O)(=O)N2CC3=C(CN(C(=O)[C@H](O)c4ccccc4)C3)C2)ccc1F. The summed E-state index contributed by atoms with van der Waals surface area (Å²) in [6.07, 6.45) is -1.28. The van der Waals surface area contributed by atoms with Gasteiger partial charge in [-0.2, -0.15) is 4.31 Å². The van der Waals surface area contributed by atoms with Gasteiger partial charge in [0.15, 0.2) is 6.10 Å². The molecule has 2 aliphatic heterocycles. The minimum absolute atomic E-state index is 0.107. The fourth-order valence-corrected chi connectivity index (χ4v) is 5.38. The van der Waals surface area contributed by atoms with Crippen LogP contribution in [0.1, 0.15) is 18.6 Å². The second-order valence-corrected chi connectivity index (χ2v) is 9.75. The lowest BCUT2D eigenvalue weighted by Crippen LogP contribution is -2.38. The van der Waals surface area contributed by atoms with Gasteiger partial charge in [0, 0.05) is 33.1 Å². The molecule has 0 unspecified atom stereocenters. The van der Waals surface area contributed by atoms with Crippen LogP contribution in [0.15, 0.2) is 64.6 Å². The zero-order chi connectivity index (χ0) is 23.0. The van der Waals surface area contributed by atoms with Crippen LogP contribution in [-0.4, -0.2) is 60.7 Å². The highest BCUT2D eigenvalue weighted by atomic mass is 32.2. The molecule has 0 saturated carbocycles. The van der Waals surface area contributed by atoms with Crippen molar-refractivity contribution in [3.63, 3.8) is 0 Å². The molecule has 2 aliphatic rings. The summed E-state index contributed by atoms with van der Waals surface area (Å²) in [6.45, 7) is 1.90. The fraction of sp³-hybridized carbons (Fsp3) is 0.273. The Hall–Kier alpha value is -3.08. The summed E-state index contributed by atoms with van der Waals surface area (Å²) in [5.74, 6) is -1.67. The number of hydrogen-bond donors (Lipinski definition) is 2. The first-order chi connectivity index (χ1) is 15.2. The van der Waals surface area contributed by atoms with Crippen molar-refractivity contribution in [2.45, 2.75) is 17.9 Å². The van der Waals surface area contributed by atoms with Crippen LogP contribution in [0.2, 0.25) is 0 Å². The van der Waals surface area contributed by atoms with Gasteiger partial charge in [0.2, 0.25) is 15.9 Å². The molecule has 0 fully saturated rings. The summed E-state index contributed by atoms with van der Waals surface area (Å²) in [5, 5.41) is 12.7. The number of aliphatic hydroxyl groups excluding tert-OH is 1. The fourth-order valence-electron chi connectivity index (χ4n) is 3.92. The highest BCUT2D eigenvalue weighted by molar-refractivity contribution is 7.89. The largest absolute Gasteiger partial charge is 0.378 e. The van der Waals surface area contributed by atoms with Gasteiger partial charge in [0.05, 0.1) is 10.6 Å². The van der Waals surface area contributed by atoms with E-state index >= 15 is 0 Å². The number of sulfonamides is 1. The molecule has 1 atom stereocenters. The Bertz CT molecular complexity index is 1200. The number of halogens is 1. The van der Waals surface area contributed by atoms with E-state index < -0.39 is 33.8 Å². The van der Waals surface area contributed by atoms with Crippen molar-refractivity contribution in [2.24, 2.45) is 0 Å². The Morgan fingerprint density at radius 2 is 1.66 bits per heavy atom. The molecule has 10 heteroatoms. The van der Waals surface area contributed by atoms with Crippen LogP contribution < -0.4 is 5.32 Å². The molecule has 0 aromatic heterocycles. The maximum absolute atomic E-state index is 13.9. The predicted octanol–water partition coefficient (Wildman–Crippen LogP) is 1.66. The predicted molar refractivity (Wildman–Crippen MR) is 114 cm³/mol. The number of nitrogens with zero attached hydrogens (tertiary/aromatic N) is 2. The summed E-state index contributed by atoms with van der Waals surface area (Å²) in [4.78, 5) is 25.3. The first kappa shape index (κ1) is 22.1. The summed E-state index contributed by atoms with van der Waals surface area (Å²) in [5.41, 5.74) is 1.92. The number of anilines is 1. The molecule has 2 amide bonds. The average Bonchev–Trinajstić information content (AvgIpc) is 3.34. The van der Waals surface area contributed by atoms with Crippen molar-refractivity contribution in [1.82, 2.24) is 9.21 Å². The van der Waals surface area contributed by atoms with E-state index in [0.717, 1.165) is 29.3 Å². The molecule has 2 aromatic carbocycles. The van der Waals surface area contributed by atoms with Crippen LogP contribution in [-0.2, 0) is 19.6 Å². The van der Waals surface area contributed by atoms with E-state index in [1.165, 1.54) is 16.1 Å². The molecule has 2 N–H and O–H groups in total. The van der Waals surface area contributed by atoms with E-state index in [-0.39, 0.29) is 36.8 Å². The van der Waals surface area contributed by atoms with E-state index in [4.69, 9.17) is 0 Å². The molecule has 2 heterocycles. The van der Waals surface area contributed by atoms with Gasteiger partial charge >= 0.3 is 0 Å². The lowest BCUT2D eigenvalue weighted by molar-refractivity contribution is -0.139. The van der Waals surface area contributed by atoms with Crippen molar-refractivity contribution in [1.29, 1.82) is 0 Å². The molecule has 0 radical (unpaired) electrons. The Morgan fingerprint density at radius 3 is 2.25 bits per heavy atom. The summed E-state index contributed by atoms with van der Waals surface area (Å²) in [6, 6.07) is 11.9. The number of rotatable bonds is 5. The van der Waals surface area contributed by atoms with Gasteiger partial charge in [-0.3, -0.25) is 9.59 Å². The van der Waals surface area contributed by atoms with Gasteiger partial charge in [0.25, 0.3) is 5.91 Å². The number of carbonyl (C=O) groups is 2. The van der Waals surface area contributed by atoms with E-state index in [0.29, 0.717) is 5.56 Å². The number of hydrogen-bond acceptors (Lipinski definition) is 5.